The Morgan fingerprint density at radius 2 is 2.21 bits per heavy atom. The molecular weight excluding hydrogens is 322 g/mol. The number of carbonyl (C=O) groups excluding carboxylic acids is 1. The number of aromatic nitrogens is 4. The zero-order valence-corrected chi connectivity index (χ0v) is 13.9. The predicted molar refractivity (Wildman–Crippen MR) is 91.7 cm³/mol. The van der Waals surface area contributed by atoms with Crippen molar-refractivity contribution in [3.63, 3.8) is 0 Å². The van der Waals surface area contributed by atoms with Crippen molar-refractivity contribution in [3.05, 3.63) is 53.9 Å². The number of rotatable bonds is 3. The van der Waals surface area contributed by atoms with Gasteiger partial charge in [0.2, 0.25) is 0 Å². The third-order valence-corrected chi connectivity index (χ3v) is 5.05. The van der Waals surface area contributed by atoms with Crippen molar-refractivity contribution >= 4 is 17.2 Å². The average Bonchev–Trinajstić information content (AvgIpc) is 3.34. The molecule has 0 spiro atoms. The van der Waals surface area contributed by atoms with Crippen molar-refractivity contribution < 1.29 is 4.79 Å². The highest BCUT2D eigenvalue weighted by Crippen LogP contribution is 2.25. The minimum absolute atomic E-state index is 0.00899. The molecule has 0 N–H and O–H groups in total. The van der Waals surface area contributed by atoms with E-state index in [2.05, 4.69) is 15.1 Å². The van der Waals surface area contributed by atoms with Gasteiger partial charge in [-0.1, -0.05) is 6.07 Å². The van der Waals surface area contributed by atoms with Gasteiger partial charge in [0, 0.05) is 37.1 Å². The van der Waals surface area contributed by atoms with Gasteiger partial charge in [0.15, 0.2) is 0 Å². The molecule has 0 saturated carbocycles. The van der Waals surface area contributed by atoms with Gasteiger partial charge in [0.25, 0.3) is 5.91 Å². The monoisotopic (exact) mass is 339 g/mol. The fourth-order valence-corrected chi connectivity index (χ4v) is 3.76. The smallest absolute Gasteiger partial charge is 0.273 e. The number of thiazole rings is 1. The summed E-state index contributed by atoms with van der Waals surface area (Å²) < 4.78 is 1.94. The van der Waals surface area contributed by atoms with Crippen molar-refractivity contribution in [1.82, 2.24) is 24.6 Å². The van der Waals surface area contributed by atoms with Crippen LogP contribution in [0.1, 0.15) is 29.4 Å². The van der Waals surface area contributed by atoms with Crippen LogP contribution < -0.4 is 0 Å². The zero-order valence-electron chi connectivity index (χ0n) is 13.1. The van der Waals surface area contributed by atoms with E-state index in [1.165, 1.54) is 11.3 Å². The van der Waals surface area contributed by atoms with Crippen LogP contribution in [0.2, 0.25) is 0 Å². The highest BCUT2D eigenvalue weighted by Gasteiger charge is 2.27. The Morgan fingerprint density at radius 3 is 3.00 bits per heavy atom. The van der Waals surface area contributed by atoms with Crippen LogP contribution in [0.5, 0.6) is 0 Å². The van der Waals surface area contributed by atoms with E-state index in [-0.39, 0.29) is 11.9 Å². The van der Waals surface area contributed by atoms with Crippen molar-refractivity contribution in [2.24, 2.45) is 0 Å². The highest BCUT2D eigenvalue weighted by atomic mass is 32.1. The summed E-state index contributed by atoms with van der Waals surface area (Å²) in [7, 11) is 0. The summed E-state index contributed by atoms with van der Waals surface area (Å²) in [5, 5.41) is 6.91. The Kier molecular flexibility index (Phi) is 4.08. The summed E-state index contributed by atoms with van der Waals surface area (Å²) in [5.74, 6) is -0.00899. The van der Waals surface area contributed by atoms with Gasteiger partial charge < -0.3 is 4.90 Å². The quantitative estimate of drug-likeness (QED) is 0.736. The van der Waals surface area contributed by atoms with Gasteiger partial charge in [-0.05, 0) is 31.0 Å². The van der Waals surface area contributed by atoms with E-state index >= 15 is 0 Å². The first-order valence-corrected chi connectivity index (χ1v) is 8.84. The number of piperidine rings is 1. The molecule has 24 heavy (non-hydrogen) atoms. The zero-order chi connectivity index (χ0) is 16.4. The van der Waals surface area contributed by atoms with E-state index < -0.39 is 0 Å². The first-order valence-electron chi connectivity index (χ1n) is 7.96. The molecule has 1 fully saturated rings. The van der Waals surface area contributed by atoms with E-state index in [1.54, 1.807) is 12.4 Å². The molecule has 1 aliphatic heterocycles. The molecule has 4 heterocycles. The molecule has 3 aromatic heterocycles. The van der Waals surface area contributed by atoms with Gasteiger partial charge in [-0.25, -0.2) is 4.98 Å². The van der Waals surface area contributed by atoms with E-state index in [9.17, 15) is 4.79 Å². The van der Waals surface area contributed by atoms with Crippen LogP contribution >= 0.6 is 11.3 Å². The van der Waals surface area contributed by atoms with Crippen molar-refractivity contribution in [1.29, 1.82) is 0 Å². The van der Waals surface area contributed by atoms with E-state index in [0.717, 1.165) is 30.1 Å². The maximum absolute atomic E-state index is 12.8. The largest absolute Gasteiger partial charge is 0.335 e. The van der Waals surface area contributed by atoms with Crippen LogP contribution in [0, 0.1) is 0 Å². The molecule has 3 aromatic rings. The fourth-order valence-electron chi connectivity index (χ4n) is 2.99. The summed E-state index contributed by atoms with van der Waals surface area (Å²) in [6.07, 6.45) is 7.49. The molecule has 4 rings (SSSR count). The summed E-state index contributed by atoms with van der Waals surface area (Å²) in [4.78, 5) is 23.4. The summed E-state index contributed by atoms with van der Waals surface area (Å²) in [6.45, 7) is 1.45. The van der Waals surface area contributed by atoms with Gasteiger partial charge in [0.05, 0.1) is 11.7 Å². The minimum atomic E-state index is -0.00899. The molecule has 1 amide bonds. The normalized spacial score (nSPS) is 17.8. The number of likely N-dealkylation sites (tertiary alicyclic amines) is 1. The SMILES string of the molecule is O=C(c1csc(-c2ccccn2)n1)N1CCCC(n2cccn2)C1. The molecule has 1 aliphatic rings. The molecule has 1 saturated heterocycles. The molecule has 122 valence electrons. The second kappa shape index (κ2) is 6.52. The summed E-state index contributed by atoms with van der Waals surface area (Å²) in [6, 6.07) is 7.85. The minimum Gasteiger partial charge on any atom is -0.335 e. The van der Waals surface area contributed by atoms with Crippen LogP contribution in [0.3, 0.4) is 0 Å². The standard InChI is InChI=1S/C17H17N5OS/c23-17(15-12-24-16(20-15)14-6-1-2-7-18-14)21-9-3-5-13(11-21)22-10-4-8-19-22/h1-2,4,6-8,10,12-13H,3,5,9,11H2. The molecule has 0 aromatic carbocycles. The Hall–Kier alpha value is -2.54. The average molecular weight is 339 g/mol. The Bertz CT molecular complexity index is 815. The van der Waals surface area contributed by atoms with E-state index in [4.69, 9.17) is 0 Å². The third kappa shape index (κ3) is 2.94. The number of nitrogens with zero attached hydrogens (tertiary/aromatic N) is 5. The summed E-state index contributed by atoms with van der Waals surface area (Å²) in [5.41, 5.74) is 1.30. The molecule has 7 heteroatoms. The molecule has 6 nitrogen and oxygen atoms in total. The molecule has 0 aliphatic carbocycles. The highest BCUT2D eigenvalue weighted by molar-refractivity contribution is 7.13. The van der Waals surface area contributed by atoms with Crippen molar-refractivity contribution in [2.75, 3.05) is 13.1 Å². The Labute approximate surface area is 143 Å². The second-order valence-electron chi connectivity index (χ2n) is 5.79. The molecule has 0 radical (unpaired) electrons. The lowest BCUT2D eigenvalue weighted by Gasteiger charge is -2.32. The topological polar surface area (TPSA) is 63.9 Å². The van der Waals surface area contributed by atoms with Crippen LogP contribution in [0.25, 0.3) is 10.7 Å². The van der Waals surface area contributed by atoms with Gasteiger partial charge in [-0.2, -0.15) is 5.10 Å². The molecular formula is C17H17N5OS. The van der Waals surface area contributed by atoms with Gasteiger partial charge in [-0.15, -0.1) is 11.3 Å². The second-order valence-corrected chi connectivity index (χ2v) is 6.64. The first-order chi connectivity index (χ1) is 11.8. The lowest BCUT2D eigenvalue weighted by Crippen LogP contribution is -2.41. The summed E-state index contributed by atoms with van der Waals surface area (Å²) >= 11 is 1.45. The lowest BCUT2D eigenvalue weighted by molar-refractivity contribution is 0.0668. The van der Waals surface area contributed by atoms with Crippen molar-refractivity contribution in [2.45, 2.75) is 18.9 Å². The number of hydrogen-bond donors (Lipinski definition) is 0. The number of hydrogen-bond acceptors (Lipinski definition) is 5. The first kappa shape index (κ1) is 15.0. The predicted octanol–water partition coefficient (Wildman–Crippen LogP) is 2.88. The van der Waals surface area contributed by atoms with Crippen LogP contribution in [0.4, 0.5) is 0 Å². The van der Waals surface area contributed by atoms with Gasteiger partial charge >= 0.3 is 0 Å². The maximum Gasteiger partial charge on any atom is 0.273 e. The maximum atomic E-state index is 12.8. The number of pyridine rings is 1. The molecule has 1 unspecified atom stereocenters. The van der Waals surface area contributed by atoms with Crippen LogP contribution in [-0.4, -0.2) is 43.6 Å². The molecule has 1 atom stereocenters. The van der Waals surface area contributed by atoms with Gasteiger partial charge in [0.1, 0.15) is 10.7 Å². The number of amides is 1. The van der Waals surface area contributed by atoms with E-state index in [0.29, 0.717) is 12.2 Å². The fraction of sp³-hybridized carbons (Fsp3) is 0.294. The van der Waals surface area contributed by atoms with Crippen molar-refractivity contribution in [3.8, 4) is 10.7 Å². The number of carbonyl (C=O) groups is 1. The Balaban J connectivity index is 1.50. The van der Waals surface area contributed by atoms with Crippen LogP contribution in [-0.2, 0) is 0 Å². The molecule has 0 bridgehead atoms. The Morgan fingerprint density at radius 1 is 1.25 bits per heavy atom. The van der Waals surface area contributed by atoms with E-state index in [1.807, 2.05) is 45.4 Å². The lowest BCUT2D eigenvalue weighted by atomic mass is 10.1. The van der Waals surface area contributed by atoms with Crippen LogP contribution in [0.15, 0.2) is 48.2 Å². The third-order valence-electron chi connectivity index (χ3n) is 4.19. The van der Waals surface area contributed by atoms with Gasteiger partial charge in [-0.3, -0.25) is 14.5 Å².